The summed E-state index contributed by atoms with van der Waals surface area (Å²) in [5.74, 6) is 1.39. The van der Waals surface area contributed by atoms with Gasteiger partial charge in [-0.1, -0.05) is 76.7 Å². The molecule has 0 radical (unpaired) electrons. The van der Waals surface area contributed by atoms with Crippen LogP contribution < -0.4 is 0 Å². The summed E-state index contributed by atoms with van der Waals surface area (Å²) in [6.45, 7) is 13.6. The lowest BCUT2D eigenvalue weighted by molar-refractivity contribution is -0.147. The lowest BCUT2D eigenvalue weighted by Gasteiger charge is -2.50. The van der Waals surface area contributed by atoms with Crippen molar-refractivity contribution < 1.29 is 4.79 Å². The van der Waals surface area contributed by atoms with Crippen molar-refractivity contribution in [3.63, 3.8) is 0 Å². The van der Waals surface area contributed by atoms with Crippen molar-refractivity contribution >= 4 is 5.78 Å². The van der Waals surface area contributed by atoms with Crippen LogP contribution in [0.15, 0.2) is 23.3 Å². The molecule has 1 nitrogen and oxygen atoms in total. The van der Waals surface area contributed by atoms with Gasteiger partial charge in [-0.25, -0.2) is 0 Å². The van der Waals surface area contributed by atoms with E-state index in [0.29, 0.717) is 17.6 Å². The Morgan fingerprint density at radius 2 is 1.27 bits per heavy atom. The van der Waals surface area contributed by atoms with Gasteiger partial charge >= 0.3 is 0 Å². The van der Waals surface area contributed by atoms with Crippen LogP contribution in [-0.2, 0) is 4.79 Å². The predicted molar refractivity (Wildman–Crippen MR) is 113 cm³/mol. The van der Waals surface area contributed by atoms with Gasteiger partial charge in [-0.2, -0.15) is 0 Å². The van der Waals surface area contributed by atoms with Crippen molar-refractivity contribution in [3.8, 4) is 0 Å². The van der Waals surface area contributed by atoms with Crippen LogP contribution >= 0.6 is 0 Å². The van der Waals surface area contributed by atoms with Gasteiger partial charge in [0.1, 0.15) is 5.78 Å². The molecule has 0 saturated heterocycles. The van der Waals surface area contributed by atoms with E-state index in [-0.39, 0.29) is 10.8 Å². The lowest BCUT2D eigenvalue weighted by atomic mass is 9.52. The summed E-state index contributed by atoms with van der Waals surface area (Å²) in [7, 11) is 0. The highest BCUT2D eigenvalue weighted by Crippen LogP contribution is 2.55. The number of Topliss-reactive ketones (excluding diaryl/α,β-unsaturated/α-hetero) is 1. The second-order valence-electron chi connectivity index (χ2n) is 9.45. The molecule has 0 fully saturated rings. The molecule has 0 heterocycles. The zero-order valence-corrected chi connectivity index (χ0v) is 18.3. The van der Waals surface area contributed by atoms with E-state index in [1.165, 1.54) is 36.8 Å². The molecule has 0 amide bonds. The first-order chi connectivity index (χ1) is 12.3. The molecule has 0 bridgehead atoms. The van der Waals surface area contributed by atoms with E-state index in [4.69, 9.17) is 0 Å². The number of ketones is 1. The molecule has 26 heavy (non-hydrogen) atoms. The van der Waals surface area contributed by atoms with Gasteiger partial charge in [0.2, 0.25) is 0 Å². The smallest absolute Gasteiger partial charge is 0.146 e. The van der Waals surface area contributed by atoms with Crippen LogP contribution in [0.3, 0.4) is 0 Å². The van der Waals surface area contributed by atoms with E-state index in [2.05, 4.69) is 53.7 Å². The average molecular weight is 359 g/mol. The summed E-state index contributed by atoms with van der Waals surface area (Å²) in [5.41, 5.74) is 2.70. The van der Waals surface area contributed by atoms with Gasteiger partial charge < -0.3 is 0 Å². The quantitative estimate of drug-likeness (QED) is 0.407. The predicted octanol–water partition coefficient (Wildman–Crippen LogP) is 7.66. The minimum absolute atomic E-state index is 0.128. The first-order valence-electron chi connectivity index (χ1n) is 11.2. The van der Waals surface area contributed by atoms with E-state index in [9.17, 15) is 4.79 Å². The Bertz CT molecular complexity index is 507. The van der Waals surface area contributed by atoms with Crippen LogP contribution in [0.25, 0.3) is 0 Å². The molecule has 0 aromatic heterocycles. The van der Waals surface area contributed by atoms with Crippen LogP contribution in [0.2, 0.25) is 0 Å². The highest BCUT2D eigenvalue weighted by molar-refractivity contribution is 5.91. The van der Waals surface area contributed by atoms with Crippen LogP contribution in [0.4, 0.5) is 0 Å². The second-order valence-corrected chi connectivity index (χ2v) is 9.45. The number of allylic oxidation sites excluding steroid dienone is 4. The minimum Gasteiger partial charge on any atom is -0.298 e. The molecule has 0 aromatic rings. The van der Waals surface area contributed by atoms with Gasteiger partial charge in [0.25, 0.3) is 0 Å². The molecule has 1 heteroatoms. The van der Waals surface area contributed by atoms with E-state index >= 15 is 0 Å². The molecule has 0 N–H and O–H groups in total. The molecule has 0 aromatic carbocycles. The monoisotopic (exact) mass is 358 g/mol. The third kappa shape index (κ3) is 4.02. The number of carbonyl (C=O) groups excluding carboxylic acids is 1. The summed E-state index contributed by atoms with van der Waals surface area (Å²) >= 11 is 0. The van der Waals surface area contributed by atoms with Crippen LogP contribution in [0.1, 0.15) is 106 Å². The Morgan fingerprint density at radius 1 is 0.885 bits per heavy atom. The maximum atomic E-state index is 14.4. The van der Waals surface area contributed by atoms with Gasteiger partial charge in [-0.15, -0.1) is 0 Å². The SMILES string of the molecule is CCCCC1(C(=O)C2(CCCC)CCC(C)=CC2C)CCC(C)=CC1C. The standard InChI is InChI=1S/C25H42O/c1-7-9-13-24(15-11-19(3)17-21(24)5)23(26)25(14-10-8-2)16-12-20(4)18-22(25)6/h17-18,21-22H,7-16H2,1-6H3. The fourth-order valence-corrected chi connectivity index (χ4v) is 5.69. The Kier molecular flexibility index (Phi) is 7.34. The van der Waals surface area contributed by atoms with Gasteiger partial charge in [0.15, 0.2) is 0 Å². The van der Waals surface area contributed by atoms with Gasteiger partial charge in [0, 0.05) is 10.8 Å². The fraction of sp³-hybridized carbons (Fsp3) is 0.800. The molecule has 2 rings (SSSR count). The maximum Gasteiger partial charge on any atom is 0.146 e. The number of rotatable bonds is 8. The first kappa shape index (κ1) is 21.5. The third-order valence-electron chi connectivity index (χ3n) is 7.60. The highest BCUT2D eigenvalue weighted by Gasteiger charge is 2.54. The average Bonchev–Trinajstić information content (AvgIpc) is 2.61. The van der Waals surface area contributed by atoms with Gasteiger partial charge in [0.05, 0.1) is 0 Å². The van der Waals surface area contributed by atoms with Crippen LogP contribution in [-0.4, -0.2) is 5.78 Å². The number of unbranched alkanes of at least 4 members (excludes halogenated alkanes) is 2. The topological polar surface area (TPSA) is 17.1 Å². The summed E-state index contributed by atoms with van der Waals surface area (Å²) in [6.07, 6.45) is 16.1. The molecular weight excluding hydrogens is 316 g/mol. The van der Waals surface area contributed by atoms with Crippen LogP contribution in [0.5, 0.6) is 0 Å². The zero-order chi connectivity index (χ0) is 19.4. The largest absolute Gasteiger partial charge is 0.298 e. The van der Waals surface area contributed by atoms with Crippen molar-refractivity contribution in [2.24, 2.45) is 22.7 Å². The Balaban J connectivity index is 2.46. The molecular formula is C25H42O. The normalized spacial score (nSPS) is 35.0. The summed E-state index contributed by atoms with van der Waals surface area (Å²) in [6, 6.07) is 0. The summed E-state index contributed by atoms with van der Waals surface area (Å²) in [4.78, 5) is 14.4. The van der Waals surface area contributed by atoms with Crippen molar-refractivity contribution in [1.82, 2.24) is 0 Å². The first-order valence-corrected chi connectivity index (χ1v) is 11.2. The summed E-state index contributed by atoms with van der Waals surface area (Å²) < 4.78 is 0. The minimum atomic E-state index is -0.128. The van der Waals surface area contributed by atoms with E-state index in [1.54, 1.807) is 0 Å². The van der Waals surface area contributed by atoms with Gasteiger partial charge in [-0.05, 0) is 64.2 Å². The number of hydrogen-bond acceptors (Lipinski definition) is 1. The Labute approximate surface area is 162 Å². The number of hydrogen-bond donors (Lipinski definition) is 0. The number of carbonyl (C=O) groups is 1. The lowest BCUT2D eigenvalue weighted by Crippen LogP contribution is -2.51. The Hall–Kier alpha value is -0.850. The van der Waals surface area contributed by atoms with Crippen LogP contribution in [0, 0.1) is 22.7 Å². The molecule has 2 aliphatic rings. The molecule has 0 saturated carbocycles. The third-order valence-corrected chi connectivity index (χ3v) is 7.60. The molecule has 4 unspecified atom stereocenters. The molecule has 0 aliphatic heterocycles. The van der Waals surface area contributed by atoms with E-state index in [0.717, 1.165) is 38.5 Å². The van der Waals surface area contributed by atoms with Crippen molar-refractivity contribution in [3.05, 3.63) is 23.3 Å². The maximum absolute atomic E-state index is 14.4. The van der Waals surface area contributed by atoms with Gasteiger partial charge in [-0.3, -0.25) is 4.79 Å². The fourth-order valence-electron chi connectivity index (χ4n) is 5.69. The van der Waals surface area contributed by atoms with Crippen molar-refractivity contribution in [2.75, 3.05) is 0 Å². The zero-order valence-electron chi connectivity index (χ0n) is 18.3. The Morgan fingerprint density at radius 3 is 1.58 bits per heavy atom. The van der Waals surface area contributed by atoms with E-state index < -0.39 is 0 Å². The highest BCUT2D eigenvalue weighted by atomic mass is 16.1. The van der Waals surface area contributed by atoms with Crippen molar-refractivity contribution in [1.29, 1.82) is 0 Å². The second kappa shape index (κ2) is 8.89. The molecule has 2 aliphatic carbocycles. The molecule has 4 atom stereocenters. The van der Waals surface area contributed by atoms with Crippen molar-refractivity contribution in [2.45, 2.75) is 106 Å². The van der Waals surface area contributed by atoms with E-state index in [1.807, 2.05) is 0 Å². The summed E-state index contributed by atoms with van der Waals surface area (Å²) in [5, 5.41) is 0. The molecule has 148 valence electrons. The molecule has 0 spiro atoms.